The number of carbonyl (C=O) groups excluding carboxylic acids is 1. The fourth-order valence-corrected chi connectivity index (χ4v) is 3.56. The molecular formula is C18H21N3O. The topological polar surface area (TPSA) is 46.9 Å². The Kier molecular flexibility index (Phi) is 3.25. The maximum atomic E-state index is 12.6. The molecule has 4 rings (SSSR count). The quantitative estimate of drug-likeness (QED) is 0.921. The van der Waals surface area contributed by atoms with E-state index in [4.69, 9.17) is 0 Å². The number of nitrogens with one attached hydrogen (secondary N) is 1. The van der Waals surface area contributed by atoms with E-state index in [2.05, 4.69) is 33.1 Å². The van der Waals surface area contributed by atoms with Crippen molar-refractivity contribution in [2.75, 3.05) is 6.54 Å². The first-order valence-electron chi connectivity index (χ1n) is 8.07. The van der Waals surface area contributed by atoms with Crippen molar-refractivity contribution in [1.29, 1.82) is 0 Å². The average molecular weight is 295 g/mol. The summed E-state index contributed by atoms with van der Waals surface area (Å²) in [6, 6.07) is 8.34. The highest BCUT2D eigenvalue weighted by Crippen LogP contribution is 2.46. The van der Waals surface area contributed by atoms with Gasteiger partial charge in [-0.2, -0.15) is 0 Å². The minimum atomic E-state index is 0.0419. The monoisotopic (exact) mass is 295 g/mol. The Balaban J connectivity index is 1.37. The molecule has 0 saturated heterocycles. The number of hydrogen-bond donors (Lipinski definition) is 1. The second-order valence-corrected chi connectivity index (χ2v) is 6.74. The van der Waals surface area contributed by atoms with Crippen LogP contribution < -0.4 is 5.32 Å². The lowest BCUT2D eigenvalue weighted by Crippen LogP contribution is -2.35. The number of hydrogen-bond acceptors (Lipinski definition) is 2. The molecule has 0 spiro atoms. The second-order valence-electron chi connectivity index (χ2n) is 6.74. The predicted octanol–water partition coefficient (Wildman–Crippen LogP) is 2.51. The standard InChI is InChI=1S/C18H21N3O/c22-17(16-6-5-14-3-1-2-4-15(14)16)20-11-18(7-8-18)12-21-10-9-19-13-21/h1-4,9-10,13,16H,5-8,11-12H2,(H,20,22)/t16-/m0/s1. The van der Waals surface area contributed by atoms with Crippen LogP contribution in [-0.2, 0) is 17.8 Å². The van der Waals surface area contributed by atoms with Gasteiger partial charge in [-0.05, 0) is 36.8 Å². The molecule has 1 saturated carbocycles. The number of aromatic nitrogens is 2. The van der Waals surface area contributed by atoms with Crippen LogP contribution in [0.15, 0.2) is 43.0 Å². The predicted molar refractivity (Wildman–Crippen MR) is 84.4 cm³/mol. The number of rotatable bonds is 5. The Hall–Kier alpha value is -2.10. The van der Waals surface area contributed by atoms with Crippen LogP contribution in [-0.4, -0.2) is 22.0 Å². The van der Waals surface area contributed by atoms with Crippen molar-refractivity contribution in [3.05, 3.63) is 54.1 Å². The van der Waals surface area contributed by atoms with Gasteiger partial charge in [0.2, 0.25) is 5.91 Å². The smallest absolute Gasteiger partial charge is 0.227 e. The molecule has 1 atom stereocenters. The van der Waals surface area contributed by atoms with Crippen LogP contribution in [0, 0.1) is 5.41 Å². The molecule has 1 aromatic heterocycles. The number of amides is 1. The first-order valence-corrected chi connectivity index (χ1v) is 8.07. The molecule has 2 aliphatic carbocycles. The van der Waals surface area contributed by atoms with Crippen LogP contribution in [0.5, 0.6) is 0 Å². The molecule has 0 unspecified atom stereocenters. The fourth-order valence-electron chi connectivity index (χ4n) is 3.56. The molecule has 1 heterocycles. The zero-order valence-electron chi connectivity index (χ0n) is 12.7. The van der Waals surface area contributed by atoms with Gasteiger partial charge in [-0.25, -0.2) is 4.98 Å². The Morgan fingerprint density at radius 3 is 3.00 bits per heavy atom. The summed E-state index contributed by atoms with van der Waals surface area (Å²) >= 11 is 0. The van der Waals surface area contributed by atoms with Crippen molar-refractivity contribution in [2.24, 2.45) is 5.41 Å². The number of aryl methyl sites for hydroxylation is 1. The van der Waals surface area contributed by atoms with Crippen LogP contribution in [0.3, 0.4) is 0 Å². The van der Waals surface area contributed by atoms with Crippen LogP contribution in [0.2, 0.25) is 0 Å². The van der Waals surface area contributed by atoms with Crippen LogP contribution in [0.1, 0.15) is 36.3 Å². The highest BCUT2D eigenvalue weighted by Gasteiger charge is 2.43. The molecule has 1 amide bonds. The van der Waals surface area contributed by atoms with E-state index in [0.717, 1.165) is 25.9 Å². The van der Waals surface area contributed by atoms with Gasteiger partial charge in [0.15, 0.2) is 0 Å². The third-order valence-electron chi connectivity index (χ3n) is 5.12. The molecule has 1 aromatic carbocycles. The molecule has 0 bridgehead atoms. The first kappa shape index (κ1) is 13.6. The van der Waals surface area contributed by atoms with E-state index in [1.807, 2.05) is 24.8 Å². The SMILES string of the molecule is O=C(NCC1(Cn2ccnc2)CC1)[C@H]1CCc2ccccc21. The lowest BCUT2D eigenvalue weighted by atomic mass is 10.00. The zero-order valence-corrected chi connectivity index (χ0v) is 12.7. The largest absolute Gasteiger partial charge is 0.355 e. The summed E-state index contributed by atoms with van der Waals surface area (Å²) in [7, 11) is 0. The van der Waals surface area contributed by atoms with E-state index in [1.165, 1.54) is 24.0 Å². The summed E-state index contributed by atoms with van der Waals surface area (Å²) in [6.07, 6.45) is 10.0. The Bertz CT molecular complexity index is 673. The van der Waals surface area contributed by atoms with Gasteiger partial charge in [0, 0.05) is 30.9 Å². The van der Waals surface area contributed by atoms with E-state index in [1.54, 1.807) is 0 Å². The van der Waals surface area contributed by atoms with Crippen molar-refractivity contribution in [1.82, 2.24) is 14.9 Å². The minimum absolute atomic E-state index is 0.0419. The van der Waals surface area contributed by atoms with Crippen LogP contribution in [0.4, 0.5) is 0 Å². The molecule has 1 fully saturated rings. The molecule has 22 heavy (non-hydrogen) atoms. The molecule has 2 aromatic rings. The number of nitrogens with zero attached hydrogens (tertiary/aromatic N) is 2. The third-order valence-corrected chi connectivity index (χ3v) is 5.12. The summed E-state index contributed by atoms with van der Waals surface area (Å²) in [5.41, 5.74) is 2.80. The normalized spacial score (nSPS) is 21.4. The number of fused-ring (bicyclic) bond motifs is 1. The van der Waals surface area contributed by atoms with Gasteiger partial charge in [-0.15, -0.1) is 0 Å². The van der Waals surface area contributed by atoms with Gasteiger partial charge in [-0.1, -0.05) is 24.3 Å². The molecule has 4 heteroatoms. The van der Waals surface area contributed by atoms with Gasteiger partial charge in [0.25, 0.3) is 0 Å². The van der Waals surface area contributed by atoms with Gasteiger partial charge >= 0.3 is 0 Å². The molecule has 114 valence electrons. The van der Waals surface area contributed by atoms with Crippen molar-refractivity contribution < 1.29 is 4.79 Å². The third kappa shape index (κ3) is 2.54. The summed E-state index contributed by atoms with van der Waals surface area (Å²) in [5, 5.41) is 3.21. The van der Waals surface area contributed by atoms with E-state index in [9.17, 15) is 4.79 Å². The Morgan fingerprint density at radius 1 is 1.36 bits per heavy atom. The molecule has 0 aliphatic heterocycles. The minimum Gasteiger partial charge on any atom is -0.355 e. The molecular weight excluding hydrogens is 274 g/mol. The van der Waals surface area contributed by atoms with Gasteiger partial charge in [0.05, 0.1) is 12.2 Å². The summed E-state index contributed by atoms with van der Waals surface area (Å²) < 4.78 is 2.12. The Labute approximate surface area is 130 Å². The summed E-state index contributed by atoms with van der Waals surface area (Å²) in [6.45, 7) is 1.73. The van der Waals surface area contributed by atoms with Crippen molar-refractivity contribution in [3.8, 4) is 0 Å². The first-order chi connectivity index (χ1) is 10.8. The summed E-state index contributed by atoms with van der Waals surface area (Å²) in [5.74, 6) is 0.238. The zero-order chi connectivity index (χ0) is 15.0. The number of imidazole rings is 1. The highest BCUT2D eigenvalue weighted by molar-refractivity contribution is 5.85. The Morgan fingerprint density at radius 2 is 2.23 bits per heavy atom. The molecule has 0 radical (unpaired) electrons. The van der Waals surface area contributed by atoms with Crippen molar-refractivity contribution in [3.63, 3.8) is 0 Å². The average Bonchev–Trinajstić information content (AvgIpc) is 2.94. The lowest BCUT2D eigenvalue weighted by molar-refractivity contribution is -0.122. The number of carbonyl (C=O) groups is 1. The number of benzene rings is 1. The van der Waals surface area contributed by atoms with Gasteiger partial charge < -0.3 is 9.88 Å². The van der Waals surface area contributed by atoms with Gasteiger partial charge in [0.1, 0.15) is 0 Å². The molecule has 2 aliphatic rings. The van der Waals surface area contributed by atoms with E-state index in [-0.39, 0.29) is 17.2 Å². The second kappa shape index (κ2) is 5.27. The van der Waals surface area contributed by atoms with Crippen LogP contribution >= 0.6 is 0 Å². The molecule has 1 N–H and O–H groups in total. The van der Waals surface area contributed by atoms with Crippen LogP contribution in [0.25, 0.3) is 0 Å². The fraction of sp³-hybridized carbons (Fsp3) is 0.444. The van der Waals surface area contributed by atoms with Gasteiger partial charge in [-0.3, -0.25) is 4.79 Å². The van der Waals surface area contributed by atoms with E-state index in [0.29, 0.717) is 0 Å². The van der Waals surface area contributed by atoms with Crippen molar-refractivity contribution >= 4 is 5.91 Å². The maximum absolute atomic E-state index is 12.6. The van der Waals surface area contributed by atoms with E-state index < -0.39 is 0 Å². The lowest BCUT2D eigenvalue weighted by Gasteiger charge is -2.19. The highest BCUT2D eigenvalue weighted by atomic mass is 16.1. The molecule has 4 nitrogen and oxygen atoms in total. The summed E-state index contributed by atoms with van der Waals surface area (Å²) in [4.78, 5) is 16.6. The van der Waals surface area contributed by atoms with E-state index >= 15 is 0 Å². The maximum Gasteiger partial charge on any atom is 0.227 e. The van der Waals surface area contributed by atoms with Crippen molar-refractivity contribution in [2.45, 2.75) is 38.1 Å².